The van der Waals surface area contributed by atoms with Crippen LogP contribution >= 0.6 is 11.6 Å². The lowest BCUT2D eigenvalue weighted by atomic mass is 10.0. The van der Waals surface area contributed by atoms with E-state index >= 15 is 0 Å². The lowest BCUT2D eigenvalue weighted by Crippen LogP contribution is -2.17. The third kappa shape index (κ3) is 1.12. The molecule has 1 aliphatic heterocycles. The number of urea groups is 1. The molecule has 0 unspecified atom stereocenters. The second-order valence-electron chi connectivity index (χ2n) is 2.46. The number of fused-ring (bicyclic) bond motifs is 1. The molecule has 0 N–H and O–H groups in total. The van der Waals surface area contributed by atoms with E-state index in [1.54, 1.807) is 6.08 Å². The molecule has 1 aliphatic carbocycles. The van der Waals surface area contributed by atoms with Crippen molar-refractivity contribution in [2.24, 2.45) is 9.98 Å². The van der Waals surface area contributed by atoms with Gasteiger partial charge in [-0.25, -0.2) is 4.79 Å². The summed E-state index contributed by atoms with van der Waals surface area (Å²) in [6, 6.07) is -0.512. The molecule has 0 bridgehead atoms. The van der Waals surface area contributed by atoms with Gasteiger partial charge in [-0.1, -0.05) is 29.8 Å². The molecular formula is C8H5ClN2O. The van der Waals surface area contributed by atoms with Crippen molar-refractivity contribution in [3.63, 3.8) is 0 Å². The minimum absolute atomic E-state index is 0.245. The molecule has 2 amide bonds. The van der Waals surface area contributed by atoms with E-state index in [1.807, 2.05) is 12.2 Å². The van der Waals surface area contributed by atoms with Gasteiger partial charge in [-0.3, -0.25) is 0 Å². The van der Waals surface area contributed by atoms with E-state index in [1.165, 1.54) is 0 Å². The number of hydrogen-bond acceptors (Lipinski definition) is 1. The van der Waals surface area contributed by atoms with Crippen molar-refractivity contribution in [1.82, 2.24) is 0 Å². The number of hydrogen-bond donors (Lipinski definition) is 0. The van der Waals surface area contributed by atoms with Crippen LogP contribution < -0.4 is 0 Å². The highest BCUT2D eigenvalue weighted by atomic mass is 35.5. The Bertz CT molecular complexity index is 363. The number of nitrogens with zero attached hydrogens (tertiary/aromatic N) is 2. The van der Waals surface area contributed by atoms with Crippen LogP contribution in [0.5, 0.6) is 0 Å². The molecule has 2 rings (SSSR count). The van der Waals surface area contributed by atoms with Gasteiger partial charge >= 0.3 is 6.03 Å². The summed E-state index contributed by atoms with van der Waals surface area (Å²) < 4.78 is 0. The van der Waals surface area contributed by atoms with Crippen molar-refractivity contribution < 1.29 is 4.79 Å². The molecule has 2 aliphatic rings. The van der Waals surface area contributed by atoms with Crippen molar-refractivity contribution in [1.29, 1.82) is 0 Å². The SMILES string of the molecule is O=C1N=C(Cl)C2=CC=CCC2=N1. The summed E-state index contributed by atoms with van der Waals surface area (Å²) in [4.78, 5) is 18.1. The molecular weight excluding hydrogens is 176 g/mol. The zero-order valence-electron chi connectivity index (χ0n) is 6.12. The first-order valence-electron chi connectivity index (χ1n) is 3.50. The van der Waals surface area contributed by atoms with Crippen LogP contribution in [0, 0.1) is 0 Å². The van der Waals surface area contributed by atoms with Crippen molar-refractivity contribution in [2.45, 2.75) is 6.42 Å². The Morgan fingerprint density at radius 3 is 3.08 bits per heavy atom. The average molecular weight is 181 g/mol. The number of amides is 2. The number of halogens is 1. The van der Waals surface area contributed by atoms with Crippen molar-refractivity contribution in [2.75, 3.05) is 0 Å². The maximum absolute atomic E-state index is 10.8. The van der Waals surface area contributed by atoms with Gasteiger partial charge in [-0.05, 0) is 0 Å². The largest absolute Gasteiger partial charge is 0.368 e. The average Bonchev–Trinajstić information content (AvgIpc) is 2.04. The van der Waals surface area contributed by atoms with Crippen molar-refractivity contribution in [3.05, 3.63) is 23.8 Å². The van der Waals surface area contributed by atoms with Crippen molar-refractivity contribution in [3.8, 4) is 0 Å². The Kier molecular flexibility index (Phi) is 1.66. The van der Waals surface area contributed by atoms with E-state index in [-0.39, 0.29) is 5.17 Å². The standard InChI is InChI=1S/C8H5ClN2O/c9-7-5-3-1-2-4-6(5)10-8(12)11-7/h1-3H,4H2. The molecule has 0 fully saturated rings. The summed E-state index contributed by atoms with van der Waals surface area (Å²) in [6.07, 6.45) is 6.26. The third-order valence-electron chi connectivity index (χ3n) is 1.67. The summed E-state index contributed by atoms with van der Waals surface area (Å²) in [5.74, 6) is 0. The first-order valence-corrected chi connectivity index (χ1v) is 3.88. The minimum Gasteiger partial charge on any atom is -0.244 e. The van der Waals surface area contributed by atoms with Crippen LogP contribution in [0.1, 0.15) is 6.42 Å². The maximum Gasteiger partial charge on any atom is 0.368 e. The lowest BCUT2D eigenvalue weighted by Gasteiger charge is -2.12. The van der Waals surface area contributed by atoms with E-state index in [0.29, 0.717) is 12.1 Å². The highest BCUT2D eigenvalue weighted by Gasteiger charge is 2.19. The van der Waals surface area contributed by atoms with Crippen molar-refractivity contribution >= 4 is 28.5 Å². The quantitative estimate of drug-likeness (QED) is 0.563. The van der Waals surface area contributed by atoms with Crippen LogP contribution in [-0.2, 0) is 0 Å². The number of allylic oxidation sites excluding steroid dienone is 4. The highest BCUT2D eigenvalue weighted by Crippen LogP contribution is 2.18. The number of carbonyl (C=O) groups is 1. The van der Waals surface area contributed by atoms with Gasteiger partial charge in [0.05, 0.1) is 5.71 Å². The van der Waals surface area contributed by atoms with E-state index in [9.17, 15) is 4.79 Å². The van der Waals surface area contributed by atoms with Gasteiger partial charge in [-0.2, -0.15) is 9.98 Å². The fourth-order valence-electron chi connectivity index (χ4n) is 1.13. The molecule has 0 spiro atoms. The molecule has 0 saturated carbocycles. The summed E-state index contributed by atoms with van der Waals surface area (Å²) in [5.41, 5.74) is 1.47. The first kappa shape index (κ1) is 7.43. The van der Waals surface area contributed by atoms with Crippen LogP contribution in [0.2, 0.25) is 0 Å². The number of rotatable bonds is 0. The van der Waals surface area contributed by atoms with Crippen LogP contribution in [0.4, 0.5) is 4.79 Å². The van der Waals surface area contributed by atoms with E-state index in [2.05, 4.69) is 9.98 Å². The molecule has 0 saturated heterocycles. The molecule has 0 aromatic carbocycles. The smallest absolute Gasteiger partial charge is 0.244 e. The highest BCUT2D eigenvalue weighted by molar-refractivity contribution is 6.74. The summed E-state index contributed by atoms with van der Waals surface area (Å²) in [7, 11) is 0. The number of aliphatic imine (C=N–C) groups is 2. The van der Waals surface area contributed by atoms with Gasteiger partial charge in [0.1, 0.15) is 5.17 Å². The lowest BCUT2D eigenvalue weighted by molar-refractivity contribution is 0.257. The van der Waals surface area contributed by atoms with Gasteiger partial charge in [0.25, 0.3) is 0 Å². The predicted octanol–water partition coefficient (Wildman–Crippen LogP) is 2.08. The van der Waals surface area contributed by atoms with Gasteiger partial charge in [0, 0.05) is 12.0 Å². The number of carbonyl (C=O) groups excluding carboxylic acids is 1. The van der Waals surface area contributed by atoms with E-state index in [4.69, 9.17) is 11.6 Å². The summed E-state index contributed by atoms with van der Waals surface area (Å²) in [6.45, 7) is 0. The van der Waals surface area contributed by atoms with Gasteiger partial charge in [0.15, 0.2) is 0 Å². The summed E-state index contributed by atoms with van der Waals surface area (Å²) in [5, 5.41) is 0.245. The Balaban J connectivity index is 2.50. The topological polar surface area (TPSA) is 41.8 Å². The fourth-order valence-corrected chi connectivity index (χ4v) is 1.37. The van der Waals surface area contributed by atoms with Gasteiger partial charge < -0.3 is 0 Å². The summed E-state index contributed by atoms with van der Waals surface area (Å²) >= 11 is 5.73. The van der Waals surface area contributed by atoms with Gasteiger partial charge in [-0.15, -0.1) is 0 Å². The van der Waals surface area contributed by atoms with Crippen LogP contribution in [0.25, 0.3) is 0 Å². The monoisotopic (exact) mass is 180 g/mol. The minimum atomic E-state index is -0.512. The van der Waals surface area contributed by atoms with Crippen LogP contribution in [0.3, 0.4) is 0 Å². The first-order chi connectivity index (χ1) is 5.77. The zero-order valence-corrected chi connectivity index (χ0v) is 6.88. The third-order valence-corrected chi connectivity index (χ3v) is 1.96. The van der Waals surface area contributed by atoms with Crippen LogP contribution in [-0.4, -0.2) is 16.9 Å². The second-order valence-corrected chi connectivity index (χ2v) is 2.81. The molecule has 1 heterocycles. The predicted molar refractivity (Wildman–Crippen MR) is 48.0 cm³/mol. The molecule has 4 heteroatoms. The fraction of sp³-hybridized carbons (Fsp3) is 0.125. The van der Waals surface area contributed by atoms with E-state index in [0.717, 1.165) is 5.57 Å². The Hall–Kier alpha value is -1.22. The van der Waals surface area contributed by atoms with Gasteiger partial charge in [0.2, 0.25) is 0 Å². The molecule has 0 aromatic heterocycles. The maximum atomic E-state index is 10.8. The molecule has 0 radical (unpaired) electrons. The molecule has 0 aromatic rings. The molecule has 3 nitrogen and oxygen atoms in total. The van der Waals surface area contributed by atoms with E-state index < -0.39 is 6.03 Å². The zero-order chi connectivity index (χ0) is 8.55. The van der Waals surface area contributed by atoms with Crippen LogP contribution in [0.15, 0.2) is 33.8 Å². The molecule has 12 heavy (non-hydrogen) atoms. The Morgan fingerprint density at radius 1 is 1.42 bits per heavy atom. The Labute approximate surface area is 74.2 Å². The molecule has 60 valence electrons. The normalized spacial score (nSPS) is 21.1. The second kappa shape index (κ2) is 2.68. The molecule has 0 atom stereocenters. The Morgan fingerprint density at radius 2 is 2.25 bits per heavy atom.